The topological polar surface area (TPSA) is 21.6 Å². The number of ether oxygens (including phenoxy) is 1. The van der Waals surface area contributed by atoms with E-state index >= 15 is 0 Å². The van der Waals surface area contributed by atoms with Crippen LogP contribution in [0.4, 0.5) is 0 Å². The quantitative estimate of drug-likeness (QED) is 0.725. The first-order valence-corrected chi connectivity index (χ1v) is 5.73. The van der Waals surface area contributed by atoms with Crippen molar-refractivity contribution in [3.63, 3.8) is 0 Å². The van der Waals surface area contributed by atoms with E-state index in [1.54, 1.807) is 6.08 Å². The van der Waals surface area contributed by atoms with Gasteiger partial charge in [0, 0.05) is 5.57 Å². The highest BCUT2D eigenvalue weighted by atomic mass is 16.5. The third kappa shape index (κ3) is 2.84. The van der Waals surface area contributed by atoms with Gasteiger partial charge in [-0.25, -0.2) is 4.99 Å². The Kier molecular flexibility index (Phi) is 3.14. The lowest BCUT2D eigenvalue weighted by molar-refractivity contribution is 0.279. The molecule has 0 bridgehead atoms. The zero-order chi connectivity index (χ0) is 12.3. The predicted molar refractivity (Wildman–Crippen MR) is 72.1 cm³/mol. The van der Waals surface area contributed by atoms with Crippen molar-refractivity contribution >= 4 is 12.0 Å². The molecule has 2 heteroatoms. The van der Waals surface area contributed by atoms with Crippen LogP contribution in [0.5, 0.6) is 0 Å². The minimum absolute atomic E-state index is 0.131. The van der Waals surface area contributed by atoms with Crippen LogP contribution in [0.15, 0.2) is 53.6 Å². The fourth-order valence-corrected chi connectivity index (χ4v) is 1.67. The van der Waals surface area contributed by atoms with Crippen LogP contribution in [0.2, 0.25) is 0 Å². The zero-order valence-electron chi connectivity index (χ0n) is 10.3. The van der Waals surface area contributed by atoms with Gasteiger partial charge >= 0.3 is 0 Å². The van der Waals surface area contributed by atoms with Crippen LogP contribution < -0.4 is 0 Å². The van der Waals surface area contributed by atoms with Gasteiger partial charge in [0.2, 0.25) is 5.90 Å². The van der Waals surface area contributed by atoms with Gasteiger partial charge in [0.05, 0.1) is 5.54 Å². The van der Waals surface area contributed by atoms with Crippen molar-refractivity contribution in [1.82, 2.24) is 0 Å². The Bertz CT molecular complexity index is 469. The van der Waals surface area contributed by atoms with Gasteiger partial charge in [0.15, 0.2) is 0 Å². The molecule has 0 fully saturated rings. The molecule has 1 aliphatic rings. The van der Waals surface area contributed by atoms with Crippen LogP contribution in [-0.2, 0) is 4.74 Å². The van der Waals surface area contributed by atoms with Gasteiger partial charge in [-0.1, -0.05) is 43.0 Å². The molecule has 1 aromatic carbocycles. The van der Waals surface area contributed by atoms with E-state index in [1.165, 1.54) is 0 Å². The van der Waals surface area contributed by atoms with Gasteiger partial charge in [-0.2, -0.15) is 0 Å². The second kappa shape index (κ2) is 4.58. The summed E-state index contributed by atoms with van der Waals surface area (Å²) in [6.45, 7) is 8.57. The monoisotopic (exact) mass is 227 g/mol. The Morgan fingerprint density at radius 3 is 2.59 bits per heavy atom. The van der Waals surface area contributed by atoms with E-state index in [1.807, 2.05) is 36.4 Å². The van der Waals surface area contributed by atoms with Crippen LogP contribution in [0.1, 0.15) is 19.4 Å². The smallest absolute Gasteiger partial charge is 0.216 e. The van der Waals surface area contributed by atoms with Crippen molar-refractivity contribution in [2.24, 2.45) is 4.99 Å². The van der Waals surface area contributed by atoms with Gasteiger partial charge in [-0.15, -0.1) is 0 Å². The Morgan fingerprint density at radius 1 is 1.35 bits per heavy atom. The molecule has 0 spiro atoms. The highest BCUT2D eigenvalue weighted by Crippen LogP contribution is 2.22. The lowest BCUT2D eigenvalue weighted by Crippen LogP contribution is -2.17. The SMILES string of the molecule is C=CC(=Cc1ccccc1)C1=NC(C)(C)CO1. The second-order valence-corrected chi connectivity index (χ2v) is 4.73. The molecule has 2 nitrogen and oxygen atoms in total. The van der Waals surface area contributed by atoms with Gasteiger partial charge in [-0.05, 0) is 25.5 Å². The number of nitrogens with zero attached hydrogens (tertiary/aromatic N) is 1. The minimum atomic E-state index is -0.131. The molecule has 1 aliphatic heterocycles. The second-order valence-electron chi connectivity index (χ2n) is 4.73. The molecule has 0 radical (unpaired) electrons. The highest BCUT2D eigenvalue weighted by molar-refractivity contribution is 6.01. The van der Waals surface area contributed by atoms with E-state index in [2.05, 4.69) is 25.4 Å². The summed E-state index contributed by atoms with van der Waals surface area (Å²) in [4.78, 5) is 4.54. The standard InChI is InChI=1S/C15H17NO/c1-4-13(10-12-8-6-5-7-9-12)14-16-15(2,3)11-17-14/h4-10H,1,11H2,2-3H3. The van der Waals surface area contributed by atoms with E-state index in [0.29, 0.717) is 12.5 Å². The maximum Gasteiger partial charge on any atom is 0.216 e. The molecule has 0 aromatic heterocycles. The zero-order valence-corrected chi connectivity index (χ0v) is 10.3. The van der Waals surface area contributed by atoms with Gasteiger partial charge in [-0.3, -0.25) is 0 Å². The molecule has 0 unspecified atom stereocenters. The minimum Gasteiger partial charge on any atom is -0.475 e. The largest absolute Gasteiger partial charge is 0.475 e. The summed E-state index contributed by atoms with van der Waals surface area (Å²) in [5.41, 5.74) is 1.92. The van der Waals surface area contributed by atoms with Crippen molar-refractivity contribution in [1.29, 1.82) is 0 Å². The maximum atomic E-state index is 5.60. The Labute approximate surface area is 102 Å². The summed E-state index contributed by atoms with van der Waals surface area (Å²) < 4.78 is 5.60. The van der Waals surface area contributed by atoms with E-state index in [-0.39, 0.29) is 5.54 Å². The van der Waals surface area contributed by atoms with Gasteiger partial charge in [0.1, 0.15) is 6.61 Å². The Morgan fingerprint density at radius 2 is 2.06 bits per heavy atom. The summed E-state index contributed by atoms with van der Waals surface area (Å²) in [7, 11) is 0. The molecule has 88 valence electrons. The fourth-order valence-electron chi connectivity index (χ4n) is 1.67. The first-order chi connectivity index (χ1) is 8.11. The van der Waals surface area contributed by atoms with Crippen LogP contribution >= 0.6 is 0 Å². The number of hydrogen-bond acceptors (Lipinski definition) is 2. The predicted octanol–water partition coefficient (Wildman–Crippen LogP) is 3.46. The summed E-state index contributed by atoms with van der Waals surface area (Å²) in [6.07, 6.45) is 3.82. The van der Waals surface area contributed by atoms with E-state index in [4.69, 9.17) is 4.74 Å². The molecule has 17 heavy (non-hydrogen) atoms. The summed E-state index contributed by atoms with van der Waals surface area (Å²) in [5.74, 6) is 0.689. The Balaban J connectivity index is 2.30. The van der Waals surface area contributed by atoms with Crippen LogP contribution in [0.3, 0.4) is 0 Å². The number of benzene rings is 1. The van der Waals surface area contributed by atoms with Crippen LogP contribution in [0.25, 0.3) is 6.08 Å². The molecular formula is C15H17NO. The molecule has 2 rings (SSSR count). The first-order valence-electron chi connectivity index (χ1n) is 5.73. The lowest BCUT2D eigenvalue weighted by Gasteiger charge is -2.07. The third-order valence-electron chi connectivity index (χ3n) is 2.55. The third-order valence-corrected chi connectivity index (χ3v) is 2.55. The van der Waals surface area contributed by atoms with Gasteiger partial charge < -0.3 is 4.74 Å². The molecule has 0 atom stereocenters. The van der Waals surface area contributed by atoms with Crippen molar-refractivity contribution in [2.45, 2.75) is 19.4 Å². The average molecular weight is 227 g/mol. The van der Waals surface area contributed by atoms with Gasteiger partial charge in [0.25, 0.3) is 0 Å². The van der Waals surface area contributed by atoms with E-state index < -0.39 is 0 Å². The fraction of sp³-hybridized carbons (Fsp3) is 0.267. The number of hydrogen-bond donors (Lipinski definition) is 0. The average Bonchev–Trinajstić information content (AvgIpc) is 2.68. The number of rotatable bonds is 3. The number of aliphatic imine (C=N–C) groups is 1. The Hall–Kier alpha value is -1.83. The summed E-state index contributed by atoms with van der Waals surface area (Å²) in [5, 5.41) is 0. The van der Waals surface area contributed by atoms with Crippen molar-refractivity contribution in [3.8, 4) is 0 Å². The van der Waals surface area contributed by atoms with E-state index in [0.717, 1.165) is 11.1 Å². The summed E-state index contributed by atoms with van der Waals surface area (Å²) in [6, 6.07) is 10.1. The highest BCUT2D eigenvalue weighted by Gasteiger charge is 2.27. The van der Waals surface area contributed by atoms with Crippen molar-refractivity contribution in [3.05, 3.63) is 54.1 Å². The van der Waals surface area contributed by atoms with Crippen LogP contribution in [-0.4, -0.2) is 18.0 Å². The molecule has 1 heterocycles. The molecule has 1 aromatic rings. The maximum absolute atomic E-state index is 5.60. The normalized spacial score (nSPS) is 18.5. The molecule has 0 N–H and O–H groups in total. The molecule has 0 saturated heterocycles. The van der Waals surface area contributed by atoms with Crippen molar-refractivity contribution < 1.29 is 4.74 Å². The first kappa shape index (κ1) is 11.6. The molecule has 0 amide bonds. The van der Waals surface area contributed by atoms with E-state index in [9.17, 15) is 0 Å². The lowest BCUT2D eigenvalue weighted by atomic mass is 10.1. The molecular weight excluding hydrogens is 210 g/mol. The molecule has 0 saturated carbocycles. The summed E-state index contributed by atoms with van der Waals surface area (Å²) >= 11 is 0. The van der Waals surface area contributed by atoms with Crippen molar-refractivity contribution in [2.75, 3.05) is 6.61 Å². The molecule has 0 aliphatic carbocycles. The van der Waals surface area contributed by atoms with Crippen LogP contribution in [0, 0.1) is 0 Å².